The summed E-state index contributed by atoms with van der Waals surface area (Å²) in [6.45, 7) is 17.9. The number of fused-ring (bicyclic) bond motifs is 6. The quantitative estimate of drug-likeness (QED) is 0.0741. The first-order chi connectivity index (χ1) is 37.8. The van der Waals surface area contributed by atoms with Gasteiger partial charge < -0.3 is 57.0 Å². The van der Waals surface area contributed by atoms with Crippen molar-refractivity contribution in [2.45, 2.75) is 155 Å². The van der Waals surface area contributed by atoms with E-state index < -0.39 is 0 Å². The molecule has 6 bridgehead atoms. The Morgan fingerprint density at radius 3 is 1.52 bits per heavy atom. The first-order valence-corrected chi connectivity index (χ1v) is 28.9. The van der Waals surface area contributed by atoms with Gasteiger partial charge in [-0.1, -0.05) is 65.9 Å². The number of likely N-dealkylation sites (N-methyl/N-ethyl adjacent to an activating group) is 1. The Morgan fingerprint density at radius 2 is 1.06 bits per heavy atom. The van der Waals surface area contributed by atoms with E-state index in [0.717, 1.165) is 64.8 Å². The van der Waals surface area contributed by atoms with Crippen LogP contribution in [0.3, 0.4) is 0 Å². The second kappa shape index (κ2) is 28.1. The summed E-state index contributed by atoms with van der Waals surface area (Å²) in [5.41, 5.74) is 20.1. The normalized spacial score (nSPS) is 26.5. The summed E-state index contributed by atoms with van der Waals surface area (Å²) in [6.07, 6.45) is 8.70. The number of carbonyl (C=O) groups excluding carboxylic acids is 3. The van der Waals surface area contributed by atoms with Gasteiger partial charge in [-0.25, -0.2) is 0 Å². The summed E-state index contributed by atoms with van der Waals surface area (Å²) in [5.74, 6) is 20.0. The fourth-order valence-corrected chi connectivity index (χ4v) is 12.6. The summed E-state index contributed by atoms with van der Waals surface area (Å²) < 4.78 is 23.2. The molecule has 0 spiro atoms. The van der Waals surface area contributed by atoms with E-state index in [1.54, 1.807) is 57.2 Å². The number of nitrogens with zero attached hydrogens (tertiary/aromatic N) is 2. The third kappa shape index (κ3) is 15.8. The van der Waals surface area contributed by atoms with E-state index in [1.807, 2.05) is 20.8 Å². The highest BCUT2D eigenvalue weighted by molar-refractivity contribution is 6.34. The van der Waals surface area contributed by atoms with Crippen molar-refractivity contribution in [1.29, 1.82) is 0 Å². The number of rotatable bonds is 12. The van der Waals surface area contributed by atoms with Gasteiger partial charge in [-0.3, -0.25) is 19.3 Å². The third-order valence-corrected chi connectivity index (χ3v) is 17.3. The van der Waals surface area contributed by atoms with Gasteiger partial charge in [-0.05, 0) is 148 Å². The molecule has 3 aromatic rings. The Hall–Kier alpha value is -5.70. The second-order valence-electron chi connectivity index (χ2n) is 21.8. The number of hydrogen-bond acceptors (Lipinski definition) is 12. The lowest BCUT2D eigenvalue weighted by Crippen LogP contribution is -2.53. The van der Waals surface area contributed by atoms with Crippen LogP contribution in [0.25, 0.3) is 0 Å². The summed E-state index contributed by atoms with van der Waals surface area (Å²) in [7, 11) is 2.15. The molecule has 426 valence electrons. The maximum absolute atomic E-state index is 13.0. The molecule has 0 radical (unpaired) electrons. The average Bonchev–Trinajstić information content (AvgIpc) is 3.56. The molecule has 3 amide bonds. The van der Waals surface area contributed by atoms with Gasteiger partial charge in [-0.15, -0.1) is 17.8 Å². The molecule has 1 saturated carbocycles. The molecule has 18 heteroatoms. The molecule has 6 aliphatic rings. The van der Waals surface area contributed by atoms with Crippen LogP contribution in [0.15, 0.2) is 36.4 Å². The van der Waals surface area contributed by atoms with Crippen LogP contribution in [0.1, 0.15) is 137 Å². The Kier molecular flexibility index (Phi) is 21.7. The van der Waals surface area contributed by atoms with E-state index in [-0.39, 0.29) is 54.2 Å². The number of halogens is 3. The Labute approximate surface area is 482 Å². The topological polar surface area (TPSA) is 209 Å². The van der Waals surface area contributed by atoms with Gasteiger partial charge in [0.25, 0.3) is 17.7 Å². The van der Waals surface area contributed by atoms with Gasteiger partial charge in [0.2, 0.25) is 0 Å². The van der Waals surface area contributed by atoms with Crippen molar-refractivity contribution in [3.05, 3.63) is 68.2 Å². The largest absolute Gasteiger partial charge is 0.477 e. The minimum absolute atomic E-state index is 0.129. The lowest BCUT2D eigenvalue weighted by molar-refractivity contribution is -0.0569. The van der Waals surface area contributed by atoms with Crippen molar-refractivity contribution in [3.63, 3.8) is 0 Å². The van der Waals surface area contributed by atoms with Crippen LogP contribution in [0, 0.1) is 59.2 Å². The van der Waals surface area contributed by atoms with Crippen molar-refractivity contribution < 1.29 is 33.3 Å². The van der Waals surface area contributed by atoms with Crippen LogP contribution in [-0.4, -0.2) is 116 Å². The van der Waals surface area contributed by atoms with Crippen LogP contribution in [-0.2, 0) is 4.74 Å². The van der Waals surface area contributed by atoms with Crippen LogP contribution < -0.4 is 47.4 Å². The molecular weight excluding hydrogens is 1060 g/mol. The van der Waals surface area contributed by atoms with Gasteiger partial charge in [0.05, 0.1) is 48.8 Å². The summed E-state index contributed by atoms with van der Waals surface area (Å²) in [6, 6.07) is 11.0. The number of nitrogens with one attached hydrogen (secondary N) is 3. The van der Waals surface area contributed by atoms with Crippen molar-refractivity contribution in [1.82, 2.24) is 25.8 Å². The van der Waals surface area contributed by atoms with Gasteiger partial charge in [-0.2, -0.15) is 0 Å². The molecule has 5 saturated heterocycles. The fourth-order valence-electron chi connectivity index (χ4n) is 12.1. The molecule has 79 heavy (non-hydrogen) atoms. The Bertz CT molecular complexity index is 2860. The third-order valence-electron chi connectivity index (χ3n) is 16.3. The molecule has 5 heterocycles. The van der Waals surface area contributed by atoms with Crippen molar-refractivity contribution in [3.8, 4) is 52.8 Å². The summed E-state index contributed by atoms with van der Waals surface area (Å²) in [4.78, 5) is 43.8. The van der Waals surface area contributed by atoms with Gasteiger partial charge >= 0.3 is 0 Å². The number of ether oxygens (including phenoxy) is 4. The average molecular weight is 1140 g/mol. The standard InChI is InChI=1S/C21H27ClN2O3.2C20H26ClN3O2/c1-4-5-12(2)27-20-9-19(23)18(22)8-17(20)21(25)24-16-6-14-10-26-11-15(7-16)13(14)3;1-4-6-12(2)26-19-11-16(22)15(21)10-14(19)20(25)23-17-9-13-7-5-8-18(17)24(13)3;1-3-5-13(2)26-19-11-17(22)16(21)10-15(19)20(25)23-18-7-9-24-8-4-6-14(18)12-24/h8-9,12-16H,6-7,10-11,23H2,1-3H3,(H,24,25);10-13,17-18H,5,7-9,22H2,1-3H3,(H,23,25);10-11,13-14,18H,4,6-9,12,22H2,1-2H3,(H,23,25). The fraction of sp³-hybridized carbons (Fsp3) is 0.557. The summed E-state index contributed by atoms with van der Waals surface area (Å²) >= 11 is 18.5. The number of carbonyl (C=O) groups is 3. The van der Waals surface area contributed by atoms with E-state index >= 15 is 0 Å². The van der Waals surface area contributed by atoms with E-state index in [9.17, 15) is 14.4 Å². The van der Waals surface area contributed by atoms with Crippen molar-refractivity contribution >= 4 is 69.6 Å². The number of nitrogens with two attached hydrogens (primary N) is 3. The van der Waals surface area contributed by atoms with Crippen molar-refractivity contribution in [2.24, 2.45) is 23.7 Å². The molecular formula is C61H79Cl3N8O7. The lowest BCUT2D eigenvalue weighted by Gasteiger charge is -2.44. The molecule has 6 fully saturated rings. The minimum atomic E-state index is -0.353. The molecule has 11 atom stereocenters. The lowest BCUT2D eigenvalue weighted by atomic mass is 9.70. The number of hydrogen-bond donors (Lipinski definition) is 6. The van der Waals surface area contributed by atoms with Crippen LogP contribution >= 0.6 is 34.8 Å². The molecule has 3 aromatic carbocycles. The van der Waals surface area contributed by atoms with Gasteiger partial charge in [0.15, 0.2) is 18.3 Å². The molecule has 0 aromatic heterocycles. The molecule has 5 aliphatic heterocycles. The molecule has 9 N–H and O–H groups in total. The second-order valence-corrected chi connectivity index (χ2v) is 23.1. The SMILES string of the molecule is CC#CC(C)Oc1cc(N)c(Cl)cc1C(=O)NC1CC2CCCC1N2C.CC#CC(C)Oc1cc(N)c(Cl)cc1C(=O)NC1CC2COCC(C1)C2C.CC#CC(C)Oc1cc(N)c(Cl)cc1C(=O)NC1CCN2CCCC1C2. The van der Waals surface area contributed by atoms with Crippen LogP contribution in [0.4, 0.5) is 17.1 Å². The number of anilines is 3. The van der Waals surface area contributed by atoms with Crippen molar-refractivity contribution in [2.75, 3.05) is 57.1 Å². The zero-order valence-corrected chi connectivity index (χ0v) is 49.2. The zero-order valence-electron chi connectivity index (χ0n) is 46.9. The maximum atomic E-state index is 13.0. The highest BCUT2D eigenvalue weighted by Crippen LogP contribution is 2.40. The minimum Gasteiger partial charge on any atom is -0.477 e. The first kappa shape index (κ1) is 60.9. The number of nitrogen functional groups attached to an aromatic ring is 3. The van der Waals surface area contributed by atoms with Crippen LogP contribution in [0.2, 0.25) is 15.1 Å². The van der Waals surface area contributed by atoms with E-state index in [2.05, 4.69) is 75.2 Å². The predicted octanol–water partition coefficient (Wildman–Crippen LogP) is 9.50. The Morgan fingerprint density at radius 1 is 0.608 bits per heavy atom. The van der Waals surface area contributed by atoms with Gasteiger partial charge in [0, 0.05) is 74.7 Å². The van der Waals surface area contributed by atoms with E-state index in [0.29, 0.717) is 102 Å². The van der Waals surface area contributed by atoms with Crippen LogP contribution in [0.5, 0.6) is 17.2 Å². The zero-order chi connectivity index (χ0) is 57.1. The molecule has 11 unspecified atom stereocenters. The number of amides is 3. The number of piperidine rings is 3. The monoisotopic (exact) mass is 1140 g/mol. The Balaban J connectivity index is 0.000000172. The molecule has 1 aliphatic carbocycles. The number of benzene rings is 3. The van der Waals surface area contributed by atoms with E-state index in [4.69, 9.17) is 71.0 Å². The maximum Gasteiger partial charge on any atom is 0.255 e. The van der Waals surface area contributed by atoms with E-state index in [1.165, 1.54) is 25.8 Å². The molecule has 15 nitrogen and oxygen atoms in total. The smallest absolute Gasteiger partial charge is 0.255 e. The highest BCUT2D eigenvalue weighted by atomic mass is 35.5. The summed E-state index contributed by atoms with van der Waals surface area (Å²) in [5, 5.41) is 10.6. The van der Waals surface area contributed by atoms with Gasteiger partial charge in [0.1, 0.15) is 17.2 Å². The predicted molar refractivity (Wildman–Crippen MR) is 316 cm³/mol. The molecule has 9 rings (SSSR count). The first-order valence-electron chi connectivity index (χ1n) is 27.8. The highest BCUT2D eigenvalue weighted by Gasteiger charge is 2.43.